The zero-order valence-electron chi connectivity index (χ0n) is 15.7. The molecule has 0 bridgehead atoms. The lowest BCUT2D eigenvalue weighted by Crippen LogP contribution is -2.24. The van der Waals surface area contributed by atoms with Gasteiger partial charge in [-0.3, -0.25) is 14.0 Å². The molecule has 0 saturated heterocycles. The first-order chi connectivity index (χ1) is 13.6. The van der Waals surface area contributed by atoms with Gasteiger partial charge in [0.2, 0.25) is 0 Å². The van der Waals surface area contributed by atoms with Crippen LogP contribution in [0.2, 0.25) is 0 Å². The SMILES string of the molecule is Cc1cc(Cn2c(-c3c[nH]c4ccccc34)nc3ccccc3c2=O)nn1C. The van der Waals surface area contributed by atoms with Gasteiger partial charge >= 0.3 is 0 Å². The summed E-state index contributed by atoms with van der Waals surface area (Å²) in [5, 5.41) is 6.18. The molecule has 6 heteroatoms. The first-order valence-corrected chi connectivity index (χ1v) is 9.17. The van der Waals surface area contributed by atoms with Crippen molar-refractivity contribution >= 4 is 21.8 Å². The number of aryl methyl sites for hydroxylation is 2. The molecule has 3 aromatic heterocycles. The van der Waals surface area contributed by atoms with Gasteiger partial charge in [-0.2, -0.15) is 5.10 Å². The van der Waals surface area contributed by atoms with Gasteiger partial charge in [0, 0.05) is 35.4 Å². The number of para-hydroxylation sites is 2. The van der Waals surface area contributed by atoms with Gasteiger partial charge in [0.05, 0.1) is 23.1 Å². The minimum atomic E-state index is -0.0609. The highest BCUT2D eigenvalue weighted by molar-refractivity contribution is 5.94. The Morgan fingerprint density at radius 3 is 2.57 bits per heavy atom. The fourth-order valence-electron chi connectivity index (χ4n) is 3.65. The van der Waals surface area contributed by atoms with Gasteiger partial charge in [0.15, 0.2) is 0 Å². The summed E-state index contributed by atoms with van der Waals surface area (Å²) in [5.74, 6) is 0.643. The molecule has 0 atom stereocenters. The summed E-state index contributed by atoms with van der Waals surface area (Å²) in [4.78, 5) is 21.5. The van der Waals surface area contributed by atoms with Crippen molar-refractivity contribution in [2.45, 2.75) is 13.5 Å². The van der Waals surface area contributed by atoms with E-state index in [9.17, 15) is 4.79 Å². The van der Waals surface area contributed by atoms with E-state index < -0.39 is 0 Å². The maximum atomic E-state index is 13.4. The third-order valence-electron chi connectivity index (χ3n) is 5.18. The number of hydrogen-bond donors (Lipinski definition) is 1. The number of hydrogen-bond acceptors (Lipinski definition) is 3. The maximum absolute atomic E-state index is 13.4. The van der Waals surface area contributed by atoms with E-state index >= 15 is 0 Å². The molecule has 5 rings (SSSR count). The third-order valence-corrected chi connectivity index (χ3v) is 5.18. The van der Waals surface area contributed by atoms with Crippen LogP contribution < -0.4 is 5.56 Å². The predicted molar refractivity (Wildman–Crippen MR) is 110 cm³/mol. The Morgan fingerprint density at radius 2 is 1.79 bits per heavy atom. The summed E-state index contributed by atoms with van der Waals surface area (Å²) in [7, 11) is 1.90. The highest BCUT2D eigenvalue weighted by Gasteiger charge is 2.17. The first kappa shape index (κ1) is 16.5. The smallest absolute Gasteiger partial charge is 0.262 e. The normalized spacial score (nSPS) is 11.5. The number of aromatic amines is 1. The summed E-state index contributed by atoms with van der Waals surface area (Å²) in [6, 6.07) is 17.5. The van der Waals surface area contributed by atoms with Crippen LogP contribution >= 0.6 is 0 Å². The zero-order chi connectivity index (χ0) is 19.3. The Morgan fingerprint density at radius 1 is 1.04 bits per heavy atom. The van der Waals surface area contributed by atoms with Crippen LogP contribution in [0.4, 0.5) is 0 Å². The van der Waals surface area contributed by atoms with Crippen LogP contribution in [0.3, 0.4) is 0 Å². The van der Waals surface area contributed by atoms with E-state index in [4.69, 9.17) is 4.98 Å². The Labute approximate surface area is 161 Å². The molecule has 0 radical (unpaired) electrons. The Kier molecular flexibility index (Phi) is 3.65. The molecule has 6 nitrogen and oxygen atoms in total. The Balaban J connectivity index is 1.80. The van der Waals surface area contributed by atoms with E-state index in [0.717, 1.165) is 27.9 Å². The molecule has 2 aromatic carbocycles. The fourth-order valence-corrected chi connectivity index (χ4v) is 3.65. The Hall–Kier alpha value is -3.67. The van der Waals surface area contributed by atoms with Gasteiger partial charge in [0.25, 0.3) is 5.56 Å². The highest BCUT2D eigenvalue weighted by atomic mass is 16.1. The molecule has 0 amide bonds. The van der Waals surface area contributed by atoms with E-state index in [-0.39, 0.29) is 5.56 Å². The molecule has 0 saturated carbocycles. The number of aromatic nitrogens is 5. The summed E-state index contributed by atoms with van der Waals surface area (Å²) in [6.07, 6.45) is 1.92. The van der Waals surface area contributed by atoms with Crippen molar-refractivity contribution in [2.75, 3.05) is 0 Å². The van der Waals surface area contributed by atoms with Crippen LogP contribution in [0.25, 0.3) is 33.2 Å². The Bertz CT molecular complexity index is 1370. The molecule has 3 heterocycles. The standard InChI is InChI=1S/C22H19N5O/c1-14-11-15(25-26(14)2)13-27-21(18-12-23-19-9-5-3-7-16(18)19)24-20-10-6-4-8-17(20)22(27)28/h3-12,23H,13H2,1-2H3. The number of nitrogens with zero attached hydrogens (tertiary/aromatic N) is 4. The molecule has 0 aliphatic carbocycles. The number of nitrogens with one attached hydrogen (secondary N) is 1. The van der Waals surface area contributed by atoms with E-state index in [1.54, 1.807) is 4.57 Å². The highest BCUT2D eigenvalue weighted by Crippen LogP contribution is 2.28. The molecule has 1 N–H and O–H groups in total. The van der Waals surface area contributed by atoms with Crippen LogP contribution in [0.15, 0.2) is 65.6 Å². The fraction of sp³-hybridized carbons (Fsp3) is 0.136. The lowest BCUT2D eigenvalue weighted by molar-refractivity contribution is 0.684. The summed E-state index contributed by atoms with van der Waals surface area (Å²) in [6.45, 7) is 2.37. The van der Waals surface area contributed by atoms with Crippen molar-refractivity contribution in [1.29, 1.82) is 0 Å². The molecule has 0 fully saturated rings. The number of benzene rings is 2. The monoisotopic (exact) mass is 369 g/mol. The second-order valence-corrected chi connectivity index (χ2v) is 6.99. The first-order valence-electron chi connectivity index (χ1n) is 9.17. The lowest BCUT2D eigenvalue weighted by Gasteiger charge is -2.12. The number of H-pyrrole nitrogens is 1. The average Bonchev–Trinajstić information content (AvgIpc) is 3.27. The summed E-state index contributed by atoms with van der Waals surface area (Å²) >= 11 is 0. The largest absolute Gasteiger partial charge is 0.360 e. The van der Waals surface area contributed by atoms with Gasteiger partial charge in [-0.05, 0) is 31.2 Å². The molecule has 0 unspecified atom stereocenters. The molecular formula is C22H19N5O. The molecule has 28 heavy (non-hydrogen) atoms. The number of rotatable bonds is 3. The van der Waals surface area contributed by atoms with Crippen molar-refractivity contribution in [1.82, 2.24) is 24.3 Å². The molecule has 0 spiro atoms. The van der Waals surface area contributed by atoms with Crippen molar-refractivity contribution in [3.63, 3.8) is 0 Å². The van der Waals surface area contributed by atoms with Gasteiger partial charge < -0.3 is 4.98 Å². The van der Waals surface area contributed by atoms with Crippen LogP contribution in [-0.4, -0.2) is 24.3 Å². The third kappa shape index (κ3) is 2.53. The lowest BCUT2D eigenvalue weighted by atomic mass is 10.1. The van der Waals surface area contributed by atoms with Gasteiger partial charge in [-0.25, -0.2) is 4.98 Å². The number of fused-ring (bicyclic) bond motifs is 2. The predicted octanol–water partition coefficient (Wildman–Crippen LogP) is 3.64. The molecule has 5 aromatic rings. The average molecular weight is 369 g/mol. The van der Waals surface area contributed by atoms with Gasteiger partial charge in [0.1, 0.15) is 5.82 Å². The van der Waals surface area contributed by atoms with Gasteiger partial charge in [-0.1, -0.05) is 30.3 Å². The minimum absolute atomic E-state index is 0.0609. The van der Waals surface area contributed by atoms with Crippen molar-refractivity contribution < 1.29 is 0 Å². The van der Waals surface area contributed by atoms with Crippen molar-refractivity contribution in [2.24, 2.45) is 7.05 Å². The summed E-state index contributed by atoms with van der Waals surface area (Å²) < 4.78 is 3.54. The summed E-state index contributed by atoms with van der Waals surface area (Å²) in [5.41, 5.74) is 4.44. The van der Waals surface area contributed by atoms with Crippen molar-refractivity contribution in [3.05, 3.63) is 82.5 Å². The van der Waals surface area contributed by atoms with Gasteiger partial charge in [-0.15, -0.1) is 0 Å². The molecule has 0 aliphatic heterocycles. The molecule has 0 aliphatic rings. The van der Waals surface area contributed by atoms with E-state index in [1.807, 2.05) is 79.4 Å². The zero-order valence-corrected chi connectivity index (χ0v) is 15.7. The second-order valence-electron chi connectivity index (χ2n) is 6.99. The van der Waals surface area contributed by atoms with E-state index in [0.29, 0.717) is 23.3 Å². The maximum Gasteiger partial charge on any atom is 0.262 e. The molecular weight excluding hydrogens is 350 g/mol. The van der Waals surface area contributed by atoms with Crippen LogP contribution in [0.5, 0.6) is 0 Å². The second kappa shape index (κ2) is 6.20. The topological polar surface area (TPSA) is 68.5 Å². The quantitative estimate of drug-likeness (QED) is 0.528. The molecule has 138 valence electrons. The van der Waals surface area contributed by atoms with Crippen molar-refractivity contribution in [3.8, 4) is 11.4 Å². The van der Waals surface area contributed by atoms with E-state index in [2.05, 4.69) is 10.1 Å². The van der Waals surface area contributed by atoms with E-state index in [1.165, 1.54) is 0 Å². The van der Waals surface area contributed by atoms with Crippen LogP contribution in [0, 0.1) is 6.92 Å². The van der Waals surface area contributed by atoms with Crippen LogP contribution in [0.1, 0.15) is 11.4 Å². The van der Waals surface area contributed by atoms with Crippen LogP contribution in [-0.2, 0) is 13.6 Å². The minimum Gasteiger partial charge on any atom is -0.360 e.